The molecule has 1 aliphatic heterocycles. The number of carbonyl (C=O) groups is 1. The Hall–Kier alpha value is -2.86. The van der Waals surface area contributed by atoms with Crippen molar-refractivity contribution >= 4 is 23.4 Å². The first-order valence-electron chi connectivity index (χ1n) is 8.30. The van der Waals surface area contributed by atoms with Crippen LogP contribution in [0.3, 0.4) is 0 Å². The quantitative estimate of drug-likeness (QED) is 0.752. The van der Waals surface area contributed by atoms with Crippen molar-refractivity contribution in [3.05, 3.63) is 66.5 Å². The molecular weight excluding hydrogens is 348 g/mol. The summed E-state index contributed by atoms with van der Waals surface area (Å²) in [5.74, 6) is 1.19. The summed E-state index contributed by atoms with van der Waals surface area (Å²) in [6.45, 7) is 1.03. The Bertz CT molecular complexity index is 937. The van der Waals surface area contributed by atoms with E-state index in [9.17, 15) is 4.79 Å². The number of amides is 1. The molecule has 1 amide bonds. The van der Waals surface area contributed by atoms with Crippen molar-refractivity contribution < 1.29 is 14.3 Å². The maximum atomic E-state index is 12.7. The van der Waals surface area contributed by atoms with Crippen molar-refractivity contribution in [2.24, 2.45) is 7.05 Å². The molecule has 26 heavy (non-hydrogen) atoms. The highest BCUT2D eigenvalue weighted by molar-refractivity contribution is 7.99. The van der Waals surface area contributed by atoms with Gasteiger partial charge < -0.3 is 19.4 Å². The minimum atomic E-state index is -0.163. The molecule has 0 bridgehead atoms. The van der Waals surface area contributed by atoms with Crippen LogP contribution >= 0.6 is 11.8 Å². The van der Waals surface area contributed by atoms with Gasteiger partial charge in [-0.25, -0.2) is 0 Å². The molecule has 4 rings (SSSR count). The fourth-order valence-corrected chi connectivity index (χ4v) is 3.68. The summed E-state index contributed by atoms with van der Waals surface area (Å²) in [5, 5.41) is 3.01. The molecule has 0 aliphatic carbocycles. The maximum Gasteiger partial charge on any atom is 0.272 e. The number of fused-ring (bicyclic) bond motifs is 1. The number of hydrogen-bond acceptors (Lipinski definition) is 4. The molecule has 0 atom stereocenters. The van der Waals surface area contributed by atoms with Gasteiger partial charge in [0, 0.05) is 35.2 Å². The fourth-order valence-electron chi connectivity index (χ4n) is 2.75. The molecule has 0 fully saturated rings. The van der Waals surface area contributed by atoms with Gasteiger partial charge >= 0.3 is 0 Å². The van der Waals surface area contributed by atoms with Crippen molar-refractivity contribution in [2.75, 3.05) is 18.5 Å². The second kappa shape index (κ2) is 7.17. The van der Waals surface area contributed by atoms with Crippen LogP contribution in [0.4, 0.5) is 5.69 Å². The molecule has 0 spiro atoms. The monoisotopic (exact) mass is 366 g/mol. The van der Waals surface area contributed by atoms with Crippen molar-refractivity contribution in [1.29, 1.82) is 0 Å². The topological polar surface area (TPSA) is 52.5 Å². The molecule has 2 heterocycles. The maximum absolute atomic E-state index is 12.7. The van der Waals surface area contributed by atoms with Crippen LogP contribution in [0.2, 0.25) is 0 Å². The van der Waals surface area contributed by atoms with Crippen LogP contribution in [0.5, 0.6) is 11.5 Å². The lowest BCUT2D eigenvalue weighted by Crippen LogP contribution is -2.18. The zero-order chi connectivity index (χ0) is 17.9. The lowest BCUT2D eigenvalue weighted by atomic mass is 10.2. The Morgan fingerprint density at radius 1 is 1.04 bits per heavy atom. The minimum absolute atomic E-state index is 0.163. The van der Waals surface area contributed by atoms with E-state index >= 15 is 0 Å². The first-order chi connectivity index (χ1) is 12.7. The first kappa shape index (κ1) is 16.6. The van der Waals surface area contributed by atoms with Crippen LogP contribution in [-0.2, 0) is 7.05 Å². The third kappa shape index (κ3) is 3.41. The molecule has 1 N–H and O–H groups in total. The molecule has 0 saturated carbocycles. The van der Waals surface area contributed by atoms with E-state index < -0.39 is 0 Å². The van der Waals surface area contributed by atoms with E-state index in [1.807, 2.05) is 61.8 Å². The van der Waals surface area contributed by atoms with Crippen molar-refractivity contribution in [2.45, 2.75) is 9.79 Å². The summed E-state index contributed by atoms with van der Waals surface area (Å²) < 4.78 is 13.2. The van der Waals surface area contributed by atoms with Crippen LogP contribution in [0.1, 0.15) is 10.5 Å². The lowest BCUT2D eigenvalue weighted by molar-refractivity contribution is 0.101. The van der Waals surface area contributed by atoms with Crippen molar-refractivity contribution in [3.63, 3.8) is 0 Å². The number of nitrogens with one attached hydrogen (secondary N) is 1. The summed E-state index contributed by atoms with van der Waals surface area (Å²) in [7, 11) is 1.85. The average molecular weight is 366 g/mol. The van der Waals surface area contributed by atoms with Crippen molar-refractivity contribution in [3.8, 4) is 11.5 Å². The van der Waals surface area contributed by atoms with Gasteiger partial charge in [0.25, 0.3) is 5.91 Å². The zero-order valence-corrected chi connectivity index (χ0v) is 15.1. The lowest BCUT2D eigenvalue weighted by Gasteiger charge is -2.21. The average Bonchev–Trinajstić information content (AvgIpc) is 3.09. The molecule has 0 unspecified atom stereocenters. The molecule has 0 radical (unpaired) electrons. The molecule has 0 saturated heterocycles. The van der Waals surface area contributed by atoms with E-state index in [0.29, 0.717) is 36.1 Å². The van der Waals surface area contributed by atoms with Gasteiger partial charge in [-0.3, -0.25) is 4.79 Å². The third-order valence-corrected chi connectivity index (χ3v) is 5.11. The van der Waals surface area contributed by atoms with Crippen LogP contribution < -0.4 is 14.8 Å². The summed E-state index contributed by atoms with van der Waals surface area (Å²) in [6.07, 6.45) is 1.85. The van der Waals surface area contributed by atoms with Gasteiger partial charge in [0.2, 0.25) is 0 Å². The van der Waals surface area contributed by atoms with Gasteiger partial charge in [0.15, 0.2) is 11.5 Å². The van der Waals surface area contributed by atoms with Gasteiger partial charge in [-0.1, -0.05) is 30.0 Å². The standard InChI is InChI=1S/C20H18N2O3S/c1-22-9-5-8-16(22)20(23)21-15-12-17-18(25-11-10-24-17)13-19(15)26-14-6-3-2-4-7-14/h2-9,12-13H,10-11H2,1H3,(H,21,23). The Balaban J connectivity index is 1.69. The molecule has 5 nitrogen and oxygen atoms in total. The Morgan fingerprint density at radius 3 is 2.46 bits per heavy atom. The van der Waals surface area contributed by atoms with E-state index in [4.69, 9.17) is 9.47 Å². The number of carbonyl (C=O) groups excluding carboxylic acids is 1. The highest BCUT2D eigenvalue weighted by atomic mass is 32.2. The summed E-state index contributed by atoms with van der Waals surface area (Å²) in [4.78, 5) is 14.6. The molecule has 3 aromatic rings. The van der Waals surface area contributed by atoms with Gasteiger partial charge in [0.05, 0.1) is 5.69 Å². The minimum Gasteiger partial charge on any atom is -0.486 e. The summed E-state index contributed by atoms with van der Waals surface area (Å²) in [5.41, 5.74) is 1.30. The summed E-state index contributed by atoms with van der Waals surface area (Å²) in [6, 6.07) is 17.4. The molecule has 2 aromatic carbocycles. The number of aryl methyl sites for hydroxylation is 1. The van der Waals surface area contributed by atoms with E-state index in [1.165, 1.54) is 0 Å². The summed E-state index contributed by atoms with van der Waals surface area (Å²) >= 11 is 1.57. The Kier molecular flexibility index (Phi) is 4.58. The third-order valence-electron chi connectivity index (χ3n) is 4.04. The number of ether oxygens (including phenoxy) is 2. The van der Waals surface area contributed by atoms with Crippen molar-refractivity contribution in [1.82, 2.24) is 4.57 Å². The molecule has 132 valence electrons. The second-order valence-electron chi connectivity index (χ2n) is 5.87. The number of benzene rings is 2. The highest BCUT2D eigenvalue weighted by Gasteiger charge is 2.19. The van der Waals surface area contributed by atoms with Gasteiger partial charge in [-0.15, -0.1) is 0 Å². The fraction of sp³-hybridized carbons (Fsp3) is 0.150. The number of hydrogen-bond donors (Lipinski definition) is 1. The molecular formula is C20H18N2O3S. The Morgan fingerprint density at radius 2 is 1.77 bits per heavy atom. The predicted molar refractivity (Wildman–Crippen MR) is 101 cm³/mol. The smallest absolute Gasteiger partial charge is 0.272 e. The number of nitrogens with zero attached hydrogens (tertiary/aromatic N) is 1. The highest BCUT2D eigenvalue weighted by Crippen LogP contribution is 2.42. The molecule has 6 heteroatoms. The number of anilines is 1. The van der Waals surface area contributed by atoms with E-state index in [-0.39, 0.29) is 5.91 Å². The van der Waals surface area contributed by atoms with Crippen LogP contribution in [-0.4, -0.2) is 23.7 Å². The number of aromatic nitrogens is 1. The molecule has 1 aromatic heterocycles. The van der Waals surface area contributed by atoms with E-state index in [0.717, 1.165) is 9.79 Å². The largest absolute Gasteiger partial charge is 0.486 e. The second-order valence-corrected chi connectivity index (χ2v) is 6.98. The van der Waals surface area contributed by atoms with Crippen LogP contribution in [0.15, 0.2) is 70.6 Å². The predicted octanol–water partition coefficient (Wildman–Crippen LogP) is 4.20. The van der Waals surface area contributed by atoms with Crippen LogP contribution in [0, 0.1) is 0 Å². The van der Waals surface area contributed by atoms with Gasteiger partial charge in [-0.05, 0) is 24.3 Å². The Labute approximate surface area is 155 Å². The van der Waals surface area contributed by atoms with E-state index in [2.05, 4.69) is 5.32 Å². The molecule has 1 aliphatic rings. The zero-order valence-electron chi connectivity index (χ0n) is 14.3. The van der Waals surface area contributed by atoms with E-state index in [1.54, 1.807) is 22.4 Å². The number of rotatable bonds is 4. The van der Waals surface area contributed by atoms with Gasteiger partial charge in [0.1, 0.15) is 18.9 Å². The SMILES string of the molecule is Cn1cccc1C(=O)Nc1cc2c(cc1Sc1ccccc1)OCCO2. The van der Waals surface area contributed by atoms with Crippen LogP contribution in [0.25, 0.3) is 0 Å². The normalized spacial score (nSPS) is 12.7. The first-order valence-corrected chi connectivity index (χ1v) is 9.11. The van der Waals surface area contributed by atoms with Gasteiger partial charge in [-0.2, -0.15) is 0 Å².